The van der Waals surface area contributed by atoms with Gasteiger partial charge in [-0.05, 0) is 57.5 Å². The molecule has 0 aromatic carbocycles. The van der Waals surface area contributed by atoms with Gasteiger partial charge in [-0.15, -0.1) is 0 Å². The lowest BCUT2D eigenvalue weighted by Crippen LogP contribution is -2.31. The molecule has 1 N–H and O–H groups in total. The van der Waals surface area contributed by atoms with Crippen LogP contribution in [-0.2, 0) is 0 Å². The minimum absolute atomic E-state index is 0.000662. The molecule has 7 heteroatoms. The Kier molecular flexibility index (Phi) is 8.41. The molecule has 0 aliphatic rings. The molecular formula is C23H30N6O. The molecule has 3 aromatic heterocycles. The molecule has 3 heterocycles. The van der Waals surface area contributed by atoms with E-state index < -0.39 is 0 Å². The quantitative estimate of drug-likeness (QED) is 0.633. The summed E-state index contributed by atoms with van der Waals surface area (Å²) in [5, 5.41) is 3.18. The second-order valence-electron chi connectivity index (χ2n) is 6.38. The van der Waals surface area contributed by atoms with Gasteiger partial charge in [0.15, 0.2) is 0 Å². The van der Waals surface area contributed by atoms with Crippen molar-refractivity contribution in [2.75, 3.05) is 18.4 Å². The van der Waals surface area contributed by atoms with Gasteiger partial charge in [0.2, 0.25) is 0 Å². The number of amides is 1. The first-order valence-electron chi connectivity index (χ1n) is 10.3. The fourth-order valence-corrected chi connectivity index (χ4v) is 2.92. The first kappa shape index (κ1) is 22.9. The fourth-order valence-electron chi connectivity index (χ4n) is 2.92. The van der Waals surface area contributed by atoms with Gasteiger partial charge < -0.3 is 10.2 Å². The third-order valence-corrected chi connectivity index (χ3v) is 4.49. The van der Waals surface area contributed by atoms with E-state index in [1.54, 1.807) is 29.6 Å². The molecule has 30 heavy (non-hydrogen) atoms. The predicted molar refractivity (Wildman–Crippen MR) is 121 cm³/mol. The molecule has 0 unspecified atom stereocenters. The highest BCUT2D eigenvalue weighted by Crippen LogP contribution is 2.24. The van der Waals surface area contributed by atoms with Crippen molar-refractivity contribution < 1.29 is 4.79 Å². The molecule has 0 atom stereocenters. The maximum Gasteiger partial charge on any atom is 0.255 e. The lowest BCUT2D eigenvalue weighted by atomic mass is 10.0. The Balaban J connectivity index is 0.00000155. The average molecular weight is 407 g/mol. The Morgan fingerprint density at radius 3 is 2.30 bits per heavy atom. The van der Waals surface area contributed by atoms with Crippen LogP contribution in [0.3, 0.4) is 0 Å². The summed E-state index contributed by atoms with van der Waals surface area (Å²) in [4.78, 5) is 31.8. The van der Waals surface area contributed by atoms with Gasteiger partial charge in [-0.3, -0.25) is 9.78 Å². The zero-order valence-electron chi connectivity index (χ0n) is 18.6. The Morgan fingerprint density at radius 2 is 1.63 bits per heavy atom. The molecular weight excluding hydrogens is 376 g/mol. The number of aryl methyl sites for hydroxylation is 2. The molecule has 3 aromatic rings. The lowest BCUT2D eigenvalue weighted by Gasteiger charge is -2.20. The number of anilines is 2. The van der Waals surface area contributed by atoms with Crippen LogP contribution in [0.25, 0.3) is 11.1 Å². The third-order valence-electron chi connectivity index (χ3n) is 4.49. The van der Waals surface area contributed by atoms with Gasteiger partial charge in [0.1, 0.15) is 17.5 Å². The van der Waals surface area contributed by atoms with E-state index in [0.717, 1.165) is 16.8 Å². The van der Waals surface area contributed by atoms with Crippen molar-refractivity contribution in [3.8, 4) is 11.1 Å². The zero-order valence-corrected chi connectivity index (χ0v) is 18.6. The van der Waals surface area contributed by atoms with E-state index in [2.05, 4.69) is 25.3 Å². The summed E-state index contributed by atoms with van der Waals surface area (Å²) in [6.07, 6.45) is 5.20. The van der Waals surface area contributed by atoms with Gasteiger partial charge in [0.05, 0.1) is 11.3 Å². The Hall–Kier alpha value is -3.35. The van der Waals surface area contributed by atoms with Crippen molar-refractivity contribution in [1.82, 2.24) is 24.8 Å². The molecule has 0 spiro atoms. The van der Waals surface area contributed by atoms with E-state index in [4.69, 9.17) is 0 Å². The number of nitrogens with zero attached hydrogens (tertiary/aromatic N) is 5. The lowest BCUT2D eigenvalue weighted by molar-refractivity contribution is 0.0772. The van der Waals surface area contributed by atoms with Crippen molar-refractivity contribution in [1.29, 1.82) is 0 Å². The monoisotopic (exact) mass is 406 g/mol. The van der Waals surface area contributed by atoms with Gasteiger partial charge in [-0.1, -0.05) is 13.8 Å². The van der Waals surface area contributed by atoms with E-state index in [9.17, 15) is 4.79 Å². The number of hydrogen-bond donors (Lipinski definition) is 1. The normalized spacial score (nSPS) is 10.1. The van der Waals surface area contributed by atoms with E-state index in [0.29, 0.717) is 36.1 Å². The van der Waals surface area contributed by atoms with Crippen LogP contribution in [0, 0.1) is 13.8 Å². The van der Waals surface area contributed by atoms with Gasteiger partial charge in [-0.2, -0.15) is 0 Å². The predicted octanol–water partition coefficient (Wildman–Crippen LogP) is 4.80. The number of rotatable bonds is 6. The molecule has 3 rings (SSSR count). The molecule has 0 aliphatic heterocycles. The van der Waals surface area contributed by atoms with Crippen molar-refractivity contribution in [3.63, 3.8) is 0 Å². The Bertz CT molecular complexity index is 985. The minimum atomic E-state index is 0.000662. The van der Waals surface area contributed by atoms with E-state index in [1.165, 1.54) is 0 Å². The van der Waals surface area contributed by atoms with Crippen LogP contribution in [0.15, 0.2) is 42.9 Å². The number of aromatic nitrogens is 4. The van der Waals surface area contributed by atoms with E-state index in [-0.39, 0.29) is 5.91 Å². The number of hydrogen-bond acceptors (Lipinski definition) is 6. The summed E-state index contributed by atoms with van der Waals surface area (Å²) in [5.74, 6) is 2.02. The Morgan fingerprint density at radius 1 is 0.933 bits per heavy atom. The summed E-state index contributed by atoms with van der Waals surface area (Å²) >= 11 is 0. The van der Waals surface area contributed by atoms with Crippen LogP contribution >= 0.6 is 0 Å². The highest BCUT2D eigenvalue weighted by atomic mass is 16.2. The number of nitrogens with one attached hydrogen (secondary N) is 1. The fraction of sp³-hybridized carbons (Fsp3) is 0.348. The first-order valence-corrected chi connectivity index (χ1v) is 10.3. The van der Waals surface area contributed by atoms with Crippen molar-refractivity contribution in [3.05, 3.63) is 59.9 Å². The number of carbonyl (C=O) groups is 1. The molecule has 7 nitrogen and oxygen atoms in total. The molecule has 0 saturated heterocycles. The van der Waals surface area contributed by atoms with Crippen LogP contribution in [0.4, 0.5) is 11.6 Å². The highest BCUT2D eigenvalue weighted by molar-refractivity contribution is 5.96. The summed E-state index contributed by atoms with van der Waals surface area (Å²) in [5.41, 5.74) is 3.14. The second kappa shape index (κ2) is 11.0. The van der Waals surface area contributed by atoms with E-state index in [1.807, 2.05) is 59.7 Å². The van der Waals surface area contributed by atoms with Gasteiger partial charge in [0, 0.05) is 37.2 Å². The summed E-state index contributed by atoms with van der Waals surface area (Å²) in [7, 11) is 0. The van der Waals surface area contributed by atoms with Crippen LogP contribution in [-0.4, -0.2) is 43.8 Å². The largest absolute Gasteiger partial charge is 0.339 e. The second-order valence-corrected chi connectivity index (χ2v) is 6.38. The smallest absolute Gasteiger partial charge is 0.255 e. The molecule has 0 aliphatic carbocycles. The Labute approximate surface area is 178 Å². The summed E-state index contributed by atoms with van der Waals surface area (Å²) in [6, 6.07) is 7.50. The SMILES string of the molecule is CC.CCN(CC)C(=O)c1cc(-c2ccnc(Nc3ccnc(C)n3)c2)cnc1C. The van der Waals surface area contributed by atoms with Crippen molar-refractivity contribution in [2.24, 2.45) is 0 Å². The maximum absolute atomic E-state index is 12.8. The zero-order chi connectivity index (χ0) is 22.1. The minimum Gasteiger partial charge on any atom is -0.339 e. The third kappa shape index (κ3) is 5.59. The molecule has 0 fully saturated rings. The van der Waals surface area contributed by atoms with E-state index >= 15 is 0 Å². The molecule has 0 radical (unpaired) electrons. The van der Waals surface area contributed by atoms with Crippen LogP contribution in [0.1, 0.15) is 49.6 Å². The first-order chi connectivity index (χ1) is 14.5. The van der Waals surface area contributed by atoms with Crippen LogP contribution in [0.5, 0.6) is 0 Å². The molecule has 0 bridgehead atoms. The van der Waals surface area contributed by atoms with Gasteiger partial charge >= 0.3 is 0 Å². The summed E-state index contributed by atoms with van der Waals surface area (Å²) in [6.45, 7) is 13.0. The molecule has 158 valence electrons. The van der Waals surface area contributed by atoms with Gasteiger partial charge in [-0.25, -0.2) is 15.0 Å². The van der Waals surface area contributed by atoms with Crippen molar-refractivity contribution in [2.45, 2.75) is 41.5 Å². The standard InChI is InChI=1S/C21H24N6O.C2H6/c1-5-27(6-2)21(28)18-11-17(13-24-14(18)3)16-7-9-23-20(12-16)26-19-8-10-22-15(4)25-19;1-2/h7-13H,5-6H2,1-4H3,(H,22,23,25,26);1-2H3. The number of carbonyl (C=O) groups excluding carboxylic acids is 1. The topological polar surface area (TPSA) is 83.9 Å². The molecule has 1 amide bonds. The summed E-state index contributed by atoms with van der Waals surface area (Å²) < 4.78 is 0. The van der Waals surface area contributed by atoms with Crippen LogP contribution < -0.4 is 5.32 Å². The molecule has 0 saturated carbocycles. The highest BCUT2D eigenvalue weighted by Gasteiger charge is 2.17. The maximum atomic E-state index is 12.8. The average Bonchev–Trinajstić information content (AvgIpc) is 2.76. The van der Waals surface area contributed by atoms with Crippen LogP contribution in [0.2, 0.25) is 0 Å². The van der Waals surface area contributed by atoms with Crippen molar-refractivity contribution >= 4 is 17.5 Å². The number of pyridine rings is 2. The van der Waals surface area contributed by atoms with Gasteiger partial charge in [0.25, 0.3) is 5.91 Å².